The van der Waals surface area contributed by atoms with Crippen LogP contribution in [0.3, 0.4) is 0 Å². The largest absolute Gasteiger partial charge is 0.433 e. The van der Waals surface area contributed by atoms with Gasteiger partial charge in [0.1, 0.15) is 5.70 Å². The summed E-state index contributed by atoms with van der Waals surface area (Å²) in [6.45, 7) is 2.48. The zero-order valence-corrected chi connectivity index (χ0v) is 14.7. The van der Waals surface area contributed by atoms with E-state index in [-0.39, 0.29) is 17.2 Å². The van der Waals surface area contributed by atoms with Gasteiger partial charge < -0.3 is 19.5 Å². The Balaban J connectivity index is 1.86. The first-order valence-electron chi connectivity index (χ1n) is 8.17. The Hall–Kier alpha value is -3.61. The summed E-state index contributed by atoms with van der Waals surface area (Å²) in [7, 11) is 0. The maximum absolute atomic E-state index is 12.1. The number of carbonyl (C=O) groups is 3. The molecule has 138 valence electrons. The highest BCUT2D eigenvalue weighted by Gasteiger charge is 2.29. The maximum Gasteiger partial charge on any atom is 0.356 e. The van der Waals surface area contributed by atoms with Gasteiger partial charge in [0, 0.05) is 19.4 Å². The van der Waals surface area contributed by atoms with Gasteiger partial charge in [-0.1, -0.05) is 36.4 Å². The molecule has 0 amide bonds. The Morgan fingerprint density at radius 3 is 2.33 bits per heavy atom. The third-order valence-corrected chi connectivity index (χ3v) is 3.62. The minimum Gasteiger partial charge on any atom is -0.433 e. The molecule has 7 heteroatoms. The molecule has 0 aromatic heterocycles. The third kappa shape index (κ3) is 4.52. The second-order valence-corrected chi connectivity index (χ2v) is 5.79. The van der Waals surface area contributed by atoms with E-state index < -0.39 is 24.1 Å². The number of carbonyl (C=O) groups excluding carboxylic acids is 3. The molecule has 0 spiro atoms. The summed E-state index contributed by atoms with van der Waals surface area (Å²) in [5.74, 6) is -1.40. The number of nitrogens with one attached hydrogen (secondary N) is 1. The van der Waals surface area contributed by atoms with Gasteiger partial charge in [-0.25, -0.2) is 4.79 Å². The van der Waals surface area contributed by atoms with Crippen molar-refractivity contribution in [1.82, 2.24) is 5.32 Å². The number of cyclic esters (lactones) is 1. The molecule has 0 unspecified atom stereocenters. The minimum absolute atomic E-state index is 0.0815. The van der Waals surface area contributed by atoms with Crippen molar-refractivity contribution < 1.29 is 28.6 Å². The van der Waals surface area contributed by atoms with Crippen LogP contribution in [0.25, 0.3) is 6.08 Å². The summed E-state index contributed by atoms with van der Waals surface area (Å²) in [6.07, 6.45) is 0.994. The van der Waals surface area contributed by atoms with E-state index in [1.54, 1.807) is 12.1 Å². The molecule has 1 N–H and O–H groups in total. The van der Waals surface area contributed by atoms with Crippen LogP contribution >= 0.6 is 0 Å². The second kappa shape index (κ2) is 7.74. The molecule has 0 saturated carbocycles. The molecule has 3 rings (SSSR count). The molecule has 0 radical (unpaired) electrons. The zero-order chi connectivity index (χ0) is 19.4. The van der Waals surface area contributed by atoms with Crippen LogP contribution in [0, 0.1) is 0 Å². The van der Waals surface area contributed by atoms with E-state index in [4.69, 9.17) is 14.2 Å². The summed E-state index contributed by atoms with van der Waals surface area (Å²) in [5, 5.41) is 3.01. The molecule has 0 aliphatic carbocycles. The highest BCUT2D eigenvalue weighted by atomic mass is 16.6. The minimum atomic E-state index is -0.571. The first-order valence-corrected chi connectivity index (χ1v) is 8.17. The lowest BCUT2D eigenvalue weighted by Crippen LogP contribution is -2.12. The van der Waals surface area contributed by atoms with Crippen LogP contribution in [-0.4, -0.2) is 17.9 Å². The molecule has 7 nitrogen and oxygen atoms in total. The van der Waals surface area contributed by atoms with Gasteiger partial charge in [-0.05, 0) is 23.8 Å². The van der Waals surface area contributed by atoms with Crippen LogP contribution in [0.5, 0.6) is 11.5 Å². The van der Waals surface area contributed by atoms with Crippen molar-refractivity contribution in [3.8, 4) is 11.5 Å². The summed E-state index contributed by atoms with van der Waals surface area (Å²) < 4.78 is 15.4. The average Bonchev–Trinajstić information content (AvgIpc) is 2.98. The lowest BCUT2D eigenvalue weighted by molar-refractivity contribution is -0.139. The first-order chi connectivity index (χ1) is 12.9. The Morgan fingerprint density at radius 2 is 1.67 bits per heavy atom. The van der Waals surface area contributed by atoms with Crippen molar-refractivity contribution in [2.24, 2.45) is 0 Å². The molecule has 0 bridgehead atoms. The van der Waals surface area contributed by atoms with Crippen molar-refractivity contribution in [1.29, 1.82) is 0 Å². The van der Waals surface area contributed by atoms with E-state index in [9.17, 15) is 14.4 Å². The fraction of sp³-hybridized carbons (Fsp3) is 0.150. The molecule has 2 aromatic carbocycles. The molecule has 27 heavy (non-hydrogen) atoms. The standard InChI is InChI=1S/C20H17NO6/c1-12(22)25-17-9-8-14(11-18(17)26-13(2)23)10-16-20(24)27-19(21-16)15-6-4-3-5-7-15/h3-11,19,21H,1-2H3/b16-10+/t19-/m1/s1. The SMILES string of the molecule is CC(=O)Oc1ccc(/C=C2/N[C@@H](c3ccccc3)OC2=O)cc1OC(C)=O. The average molecular weight is 367 g/mol. The van der Waals surface area contributed by atoms with Gasteiger partial charge in [0.2, 0.25) is 0 Å². The van der Waals surface area contributed by atoms with Gasteiger partial charge in [0.15, 0.2) is 17.7 Å². The van der Waals surface area contributed by atoms with Crippen molar-refractivity contribution in [2.45, 2.75) is 20.1 Å². The van der Waals surface area contributed by atoms with E-state index in [0.717, 1.165) is 5.56 Å². The number of rotatable bonds is 4. The van der Waals surface area contributed by atoms with Crippen LogP contribution < -0.4 is 14.8 Å². The van der Waals surface area contributed by atoms with E-state index in [1.807, 2.05) is 30.3 Å². The van der Waals surface area contributed by atoms with Crippen LogP contribution in [-0.2, 0) is 19.1 Å². The monoisotopic (exact) mass is 367 g/mol. The smallest absolute Gasteiger partial charge is 0.356 e. The van der Waals surface area contributed by atoms with Crippen LogP contribution in [0.2, 0.25) is 0 Å². The van der Waals surface area contributed by atoms with E-state index in [1.165, 1.54) is 26.0 Å². The van der Waals surface area contributed by atoms with E-state index in [0.29, 0.717) is 5.56 Å². The highest BCUT2D eigenvalue weighted by molar-refractivity contribution is 5.95. The third-order valence-electron chi connectivity index (χ3n) is 3.62. The predicted molar refractivity (Wildman–Crippen MR) is 95.4 cm³/mol. The molecule has 1 fully saturated rings. The van der Waals surface area contributed by atoms with Crippen LogP contribution in [0.15, 0.2) is 54.2 Å². The summed E-state index contributed by atoms with van der Waals surface area (Å²) in [6, 6.07) is 13.9. The normalized spacial score (nSPS) is 17.2. The summed E-state index contributed by atoms with van der Waals surface area (Å²) >= 11 is 0. The Morgan fingerprint density at radius 1 is 1.00 bits per heavy atom. The molecule has 2 aromatic rings. The lowest BCUT2D eigenvalue weighted by Gasteiger charge is -2.10. The molecular weight excluding hydrogens is 350 g/mol. The van der Waals surface area contributed by atoms with Gasteiger partial charge in [-0.2, -0.15) is 0 Å². The Kier molecular flexibility index (Phi) is 5.21. The van der Waals surface area contributed by atoms with Gasteiger partial charge in [-0.3, -0.25) is 9.59 Å². The van der Waals surface area contributed by atoms with E-state index in [2.05, 4.69) is 5.32 Å². The summed E-state index contributed by atoms with van der Waals surface area (Å²) in [4.78, 5) is 34.6. The summed E-state index contributed by atoms with van der Waals surface area (Å²) in [5.41, 5.74) is 1.65. The molecule has 1 heterocycles. The second-order valence-electron chi connectivity index (χ2n) is 5.79. The van der Waals surface area contributed by atoms with Crippen LogP contribution in [0.4, 0.5) is 0 Å². The van der Waals surface area contributed by atoms with Gasteiger partial charge in [-0.15, -0.1) is 0 Å². The fourth-order valence-corrected chi connectivity index (χ4v) is 2.53. The number of esters is 3. The van der Waals surface area contributed by atoms with Crippen LogP contribution in [0.1, 0.15) is 31.2 Å². The van der Waals surface area contributed by atoms with Gasteiger partial charge in [0.25, 0.3) is 0 Å². The number of hydrogen-bond acceptors (Lipinski definition) is 7. The number of hydrogen-bond donors (Lipinski definition) is 1. The van der Waals surface area contributed by atoms with Crippen molar-refractivity contribution in [2.75, 3.05) is 0 Å². The zero-order valence-electron chi connectivity index (χ0n) is 14.7. The van der Waals surface area contributed by atoms with Crippen molar-refractivity contribution in [3.63, 3.8) is 0 Å². The molecule has 1 aliphatic heterocycles. The number of benzene rings is 2. The van der Waals surface area contributed by atoms with Gasteiger partial charge in [0.05, 0.1) is 0 Å². The van der Waals surface area contributed by atoms with E-state index >= 15 is 0 Å². The molecule has 1 aliphatic rings. The van der Waals surface area contributed by atoms with Crippen molar-refractivity contribution >= 4 is 24.0 Å². The Bertz CT molecular complexity index is 919. The Labute approximate surface area is 155 Å². The molecule has 1 atom stereocenters. The fourth-order valence-electron chi connectivity index (χ4n) is 2.53. The van der Waals surface area contributed by atoms with Gasteiger partial charge >= 0.3 is 17.9 Å². The highest BCUT2D eigenvalue weighted by Crippen LogP contribution is 2.31. The maximum atomic E-state index is 12.1. The predicted octanol–water partition coefficient (Wildman–Crippen LogP) is 2.72. The molecular formula is C20H17NO6. The lowest BCUT2D eigenvalue weighted by atomic mass is 10.1. The quantitative estimate of drug-likeness (QED) is 0.505. The van der Waals surface area contributed by atoms with Crippen molar-refractivity contribution in [3.05, 3.63) is 65.4 Å². The topological polar surface area (TPSA) is 90.9 Å². The number of ether oxygens (including phenoxy) is 3. The first kappa shape index (κ1) is 18.2. The molecule has 1 saturated heterocycles.